The fraction of sp³-hybridized carbons (Fsp3) is 0.657. The van der Waals surface area contributed by atoms with Crippen molar-refractivity contribution in [3.63, 3.8) is 0 Å². The predicted molar refractivity (Wildman–Crippen MR) is 181 cm³/mol. The van der Waals surface area contributed by atoms with Gasteiger partial charge < -0.3 is 18.3 Å². The second kappa shape index (κ2) is 19.4. The molecule has 4 atom stereocenters. The van der Waals surface area contributed by atoms with Gasteiger partial charge in [-0.1, -0.05) is 84.0 Å². The van der Waals surface area contributed by atoms with E-state index < -0.39 is 16.6 Å². The number of allylic oxidation sites excluding steroid dienone is 2. The van der Waals surface area contributed by atoms with E-state index in [1.165, 1.54) is 7.11 Å². The van der Waals surface area contributed by atoms with E-state index in [2.05, 4.69) is 65.8 Å². The van der Waals surface area contributed by atoms with Crippen LogP contribution in [0.15, 0.2) is 54.6 Å². The Morgan fingerprint density at radius 2 is 1.56 bits per heavy atom. The van der Waals surface area contributed by atoms with Crippen molar-refractivity contribution in [2.24, 2.45) is 11.8 Å². The normalized spacial score (nSPS) is 20.3. The quantitative estimate of drug-likeness (QED) is 0.0585. The van der Waals surface area contributed by atoms with Crippen LogP contribution in [0.2, 0.25) is 36.3 Å². The van der Waals surface area contributed by atoms with Gasteiger partial charge in [0.05, 0.1) is 19.3 Å². The number of Topliss-reactive ketones (excluding diaryl/α,β-unsaturated/α-hetero) is 1. The smallest absolute Gasteiger partial charge is 0.305 e. The van der Waals surface area contributed by atoms with E-state index in [-0.39, 0.29) is 35.8 Å². The number of para-hydroxylation sites is 1. The number of methoxy groups -OCH3 is 1. The summed E-state index contributed by atoms with van der Waals surface area (Å²) < 4.78 is 24.9. The van der Waals surface area contributed by atoms with Gasteiger partial charge in [-0.15, -0.1) is 0 Å². The van der Waals surface area contributed by atoms with Crippen molar-refractivity contribution in [2.45, 2.75) is 122 Å². The Kier molecular flexibility index (Phi) is 16.8. The summed E-state index contributed by atoms with van der Waals surface area (Å²) in [6.07, 6.45) is 11.4. The first-order chi connectivity index (χ1) is 20.7. The minimum Gasteiger partial charge on any atom is -0.491 e. The molecule has 0 spiro atoms. The van der Waals surface area contributed by atoms with E-state index in [0.717, 1.165) is 54.9 Å². The van der Waals surface area contributed by atoms with Crippen LogP contribution in [0.4, 0.5) is 0 Å². The first-order valence-electron chi connectivity index (χ1n) is 16.7. The lowest BCUT2D eigenvalue weighted by Gasteiger charge is -2.34. The molecule has 0 amide bonds. The summed E-state index contributed by atoms with van der Waals surface area (Å²) >= 11 is 0. The van der Waals surface area contributed by atoms with Gasteiger partial charge in [-0.3, -0.25) is 9.59 Å². The molecule has 0 radical (unpaired) electrons. The van der Waals surface area contributed by atoms with E-state index in [0.29, 0.717) is 25.9 Å². The maximum absolute atomic E-state index is 13.5. The van der Waals surface area contributed by atoms with Crippen LogP contribution in [0.5, 0.6) is 5.75 Å². The molecular formula is C35H58O6Si2. The number of benzene rings is 1. The summed E-state index contributed by atoms with van der Waals surface area (Å²) in [5.74, 6) is 0.791. The average molecular weight is 631 g/mol. The number of rotatable bonds is 21. The maximum Gasteiger partial charge on any atom is 0.305 e. The molecule has 0 unspecified atom stereocenters. The zero-order valence-corrected chi connectivity index (χ0v) is 29.9. The summed E-state index contributed by atoms with van der Waals surface area (Å²) in [5, 5.41) is 0. The zero-order chi connectivity index (χ0) is 31.7. The molecule has 0 saturated heterocycles. The molecule has 1 saturated carbocycles. The van der Waals surface area contributed by atoms with Crippen LogP contribution in [-0.4, -0.2) is 54.3 Å². The van der Waals surface area contributed by atoms with Crippen molar-refractivity contribution in [3.05, 3.63) is 54.6 Å². The molecule has 242 valence electrons. The Morgan fingerprint density at radius 3 is 2.14 bits per heavy atom. The summed E-state index contributed by atoms with van der Waals surface area (Å²) in [4.78, 5) is 24.9. The fourth-order valence-corrected chi connectivity index (χ4v) is 11.8. The zero-order valence-electron chi connectivity index (χ0n) is 27.9. The Bertz CT molecular complexity index is 986. The fourth-order valence-electron chi connectivity index (χ4n) is 6.17. The second-order valence-electron chi connectivity index (χ2n) is 11.8. The minimum absolute atomic E-state index is 0.00693. The van der Waals surface area contributed by atoms with E-state index in [1.807, 2.05) is 30.3 Å². The second-order valence-corrected chi connectivity index (χ2v) is 21.3. The predicted octanol–water partition coefficient (Wildman–Crippen LogP) is 8.90. The average Bonchev–Trinajstić information content (AvgIpc) is 3.34. The lowest BCUT2D eigenvalue weighted by molar-refractivity contribution is -0.140. The van der Waals surface area contributed by atoms with Crippen LogP contribution in [0.1, 0.15) is 73.6 Å². The number of carbonyl (C=O) groups is 2. The molecule has 1 aliphatic rings. The van der Waals surface area contributed by atoms with Gasteiger partial charge in [-0.25, -0.2) is 0 Å². The molecule has 6 nitrogen and oxygen atoms in total. The highest BCUT2D eigenvalue weighted by molar-refractivity contribution is 6.74. The van der Waals surface area contributed by atoms with E-state index in [9.17, 15) is 9.59 Å². The number of carbonyl (C=O) groups excluding carboxylic acids is 2. The van der Waals surface area contributed by atoms with Crippen molar-refractivity contribution >= 4 is 28.4 Å². The lowest BCUT2D eigenvalue weighted by atomic mass is 9.90. The molecule has 2 rings (SSSR count). The third-order valence-corrected chi connectivity index (χ3v) is 19.0. The van der Waals surface area contributed by atoms with Crippen LogP contribution < -0.4 is 4.74 Å². The van der Waals surface area contributed by atoms with E-state index in [4.69, 9.17) is 18.3 Å². The minimum atomic E-state index is -1.91. The van der Waals surface area contributed by atoms with Crippen LogP contribution in [0, 0.1) is 11.8 Å². The Balaban J connectivity index is 2.32. The van der Waals surface area contributed by atoms with Gasteiger partial charge in [0.2, 0.25) is 0 Å². The molecule has 8 heteroatoms. The van der Waals surface area contributed by atoms with Crippen molar-refractivity contribution in [2.75, 3.05) is 13.7 Å². The number of ether oxygens (including phenoxy) is 2. The number of unbranched alkanes of at least 4 members (excludes halogenated alkanes) is 1. The summed E-state index contributed by atoms with van der Waals surface area (Å²) in [7, 11) is -2.41. The number of hydrogen-bond donors (Lipinski definition) is 0. The first kappa shape index (κ1) is 37.2. The molecule has 1 aliphatic carbocycles. The largest absolute Gasteiger partial charge is 0.491 e. The molecule has 0 N–H and O–H groups in total. The monoisotopic (exact) mass is 630 g/mol. The van der Waals surface area contributed by atoms with Gasteiger partial charge in [-0.05, 0) is 67.7 Å². The molecule has 1 aromatic carbocycles. The number of ketones is 1. The Labute approximate surface area is 263 Å². The van der Waals surface area contributed by atoms with E-state index in [1.54, 1.807) is 0 Å². The summed E-state index contributed by atoms with van der Waals surface area (Å²) in [5.41, 5.74) is 0. The van der Waals surface area contributed by atoms with Gasteiger partial charge in [0.25, 0.3) is 0 Å². The highest BCUT2D eigenvalue weighted by Crippen LogP contribution is 2.39. The van der Waals surface area contributed by atoms with Crippen LogP contribution in [0.25, 0.3) is 0 Å². The Morgan fingerprint density at radius 1 is 0.930 bits per heavy atom. The standard InChI is InChI=1S/C35H58O6Si2/c1-8-42(9-2,10-3)40-30(28-39-29-21-17-16-18-22-29)25-26-32-31(23-19-14-15-20-24-35(37)38-7)33(36)27-34(32)41-43(11-4,12-5)13-6/h14,16-19,21-22,25-26,30-32,34H,8-13,15,20,23-24,27-28H2,1-7H3/b19-14-,26-25+/t30-,31-,32-,34-/m1/s1. The van der Waals surface area contributed by atoms with Crippen molar-refractivity contribution < 1.29 is 27.9 Å². The van der Waals surface area contributed by atoms with Gasteiger partial charge in [0, 0.05) is 24.7 Å². The van der Waals surface area contributed by atoms with Crippen molar-refractivity contribution in [1.29, 1.82) is 0 Å². The number of hydrogen-bond acceptors (Lipinski definition) is 6. The van der Waals surface area contributed by atoms with Crippen LogP contribution in [0.3, 0.4) is 0 Å². The third-order valence-electron chi connectivity index (χ3n) is 9.62. The molecule has 0 bridgehead atoms. The molecule has 1 aromatic rings. The Hall–Kier alpha value is -2.01. The highest BCUT2D eigenvalue weighted by Gasteiger charge is 2.45. The molecule has 0 heterocycles. The van der Waals surface area contributed by atoms with Gasteiger partial charge in [-0.2, -0.15) is 0 Å². The maximum atomic E-state index is 13.5. The molecule has 43 heavy (non-hydrogen) atoms. The van der Waals surface area contributed by atoms with E-state index >= 15 is 0 Å². The SMILES string of the molecule is CC[Si](CC)(CC)O[C@H](/C=C/[C@H]1[C@H](O[Si](CC)(CC)CC)CC(=O)[C@@H]1C/C=C\CCCC(=O)OC)COc1ccccc1. The lowest BCUT2D eigenvalue weighted by Crippen LogP contribution is -2.42. The third kappa shape index (κ3) is 11.5. The number of esters is 1. The molecule has 1 fully saturated rings. The first-order valence-corrected chi connectivity index (χ1v) is 21.8. The van der Waals surface area contributed by atoms with Gasteiger partial charge in [0.1, 0.15) is 18.1 Å². The van der Waals surface area contributed by atoms with Crippen molar-refractivity contribution in [3.8, 4) is 5.75 Å². The van der Waals surface area contributed by atoms with Crippen molar-refractivity contribution in [1.82, 2.24) is 0 Å². The molecule has 0 aromatic heterocycles. The summed E-state index contributed by atoms with van der Waals surface area (Å²) in [6.45, 7) is 13.9. The summed E-state index contributed by atoms with van der Waals surface area (Å²) in [6, 6.07) is 16.2. The molecular weight excluding hydrogens is 573 g/mol. The molecule has 0 aliphatic heterocycles. The van der Waals surface area contributed by atoms with Crippen LogP contribution >= 0.6 is 0 Å². The van der Waals surface area contributed by atoms with Gasteiger partial charge in [0.15, 0.2) is 16.6 Å². The van der Waals surface area contributed by atoms with Crippen LogP contribution in [-0.2, 0) is 23.2 Å². The topological polar surface area (TPSA) is 71.1 Å². The van der Waals surface area contributed by atoms with Gasteiger partial charge >= 0.3 is 5.97 Å². The highest BCUT2D eigenvalue weighted by atomic mass is 28.4.